The number of anilines is 1. The molecule has 1 heterocycles. The first-order valence-corrected chi connectivity index (χ1v) is 6.89. The minimum absolute atomic E-state index is 0.0379. The van der Waals surface area contributed by atoms with Gasteiger partial charge in [0.15, 0.2) is 17.3 Å². The molecule has 0 amide bonds. The van der Waals surface area contributed by atoms with E-state index in [1.165, 1.54) is 6.07 Å². The lowest BCUT2D eigenvalue weighted by Crippen LogP contribution is -2.56. The summed E-state index contributed by atoms with van der Waals surface area (Å²) in [4.78, 5) is 0.0379. The number of halogens is 3. The van der Waals surface area contributed by atoms with Crippen LogP contribution in [0.1, 0.15) is 38.7 Å². The van der Waals surface area contributed by atoms with Gasteiger partial charge in [-0.1, -0.05) is 19.1 Å². The number of benzene rings is 1. The predicted octanol–water partition coefficient (Wildman–Crippen LogP) is 3.59. The zero-order valence-corrected chi connectivity index (χ0v) is 12.2. The molecule has 1 fully saturated rings. The van der Waals surface area contributed by atoms with Gasteiger partial charge in [0, 0.05) is 11.3 Å². The van der Waals surface area contributed by atoms with Crippen LogP contribution in [-0.4, -0.2) is 10.7 Å². The Bertz CT molecular complexity index is 564. The van der Waals surface area contributed by atoms with Crippen LogP contribution in [0.2, 0.25) is 0 Å². The molecule has 6 heteroatoms. The van der Waals surface area contributed by atoms with E-state index in [-0.39, 0.29) is 29.1 Å². The van der Waals surface area contributed by atoms with Crippen molar-refractivity contribution in [3.05, 3.63) is 29.3 Å². The Labute approximate surface area is 121 Å². The molecule has 2 nitrogen and oxygen atoms in total. The van der Waals surface area contributed by atoms with E-state index >= 15 is 0 Å². The molecule has 110 valence electrons. The molecule has 0 bridgehead atoms. The van der Waals surface area contributed by atoms with Crippen LogP contribution in [0, 0.1) is 11.6 Å². The number of thiocarbonyl (C=S) groups is 1. The Balaban J connectivity index is 2.41. The van der Waals surface area contributed by atoms with Crippen molar-refractivity contribution in [1.82, 2.24) is 5.32 Å². The third-order valence-electron chi connectivity index (χ3n) is 4.02. The van der Waals surface area contributed by atoms with E-state index in [0.29, 0.717) is 6.42 Å². The number of rotatable bonds is 2. The number of nitrogen functional groups attached to an aromatic ring is 1. The third kappa shape index (κ3) is 2.37. The lowest BCUT2D eigenvalue weighted by molar-refractivity contribution is 0.168. The van der Waals surface area contributed by atoms with Crippen molar-refractivity contribution in [3.63, 3.8) is 0 Å². The molecular formula is C14H17F3N2S. The highest BCUT2D eigenvalue weighted by Crippen LogP contribution is 2.40. The minimum atomic E-state index is -1.58. The van der Waals surface area contributed by atoms with Crippen LogP contribution < -0.4 is 11.1 Å². The molecule has 0 saturated carbocycles. The molecule has 1 aromatic rings. The Hall–Kier alpha value is -1.30. The first-order valence-electron chi connectivity index (χ1n) is 6.48. The Kier molecular flexibility index (Phi) is 3.71. The number of nitrogens with two attached hydrogens (primary N) is 1. The molecule has 0 unspecified atom stereocenters. The molecule has 0 spiro atoms. The zero-order chi connectivity index (χ0) is 15.1. The fourth-order valence-corrected chi connectivity index (χ4v) is 3.01. The average Bonchev–Trinajstić information content (AvgIpc) is 2.39. The fourth-order valence-electron chi connectivity index (χ4n) is 2.54. The zero-order valence-electron chi connectivity index (χ0n) is 11.4. The van der Waals surface area contributed by atoms with Crippen molar-refractivity contribution in [2.75, 3.05) is 5.73 Å². The van der Waals surface area contributed by atoms with Gasteiger partial charge in [0.1, 0.15) is 4.99 Å². The van der Waals surface area contributed by atoms with E-state index in [2.05, 4.69) is 5.32 Å². The molecule has 0 radical (unpaired) electrons. The maximum Gasteiger partial charge on any atom is 0.164 e. The van der Waals surface area contributed by atoms with Gasteiger partial charge in [0.05, 0.1) is 5.54 Å². The number of piperidine rings is 1. The molecule has 3 N–H and O–H groups in total. The summed E-state index contributed by atoms with van der Waals surface area (Å²) in [5.74, 6) is -1.98. The summed E-state index contributed by atoms with van der Waals surface area (Å²) in [7, 11) is 0. The highest BCUT2D eigenvalue weighted by atomic mass is 32.1. The van der Waals surface area contributed by atoms with Crippen LogP contribution in [0.4, 0.5) is 18.9 Å². The van der Waals surface area contributed by atoms with Gasteiger partial charge in [-0.2, -0.15) is 0 Å². The highest BCUT2D eigenvalue weighted by Gasteiger charge is 2.45. The second-order valence-electron chi connectivity index (χ2n) is 5.47. The number of hydrogen-bond acceptors (Lipinski definition) is 2. The lowest BCUT2D eigenvalue weighted by atomic mass is 9.78. The van der Waals surface area contributed by atoms with Crippen LogP contribution >= 0.6 is 12.2 Å². The normalized spacial score (nSPS) is 30.1. The third-order valence-corrected chi connectivity index (χ3v) is 4.49. The van der Waals surface area contributed by atoms with Crippen molar-refractivity contribution < 1.29 is 13.2 Å². The summed E-state index contributed by atoms with van der Waals surface area (Å²) in [6.45, 7) is 3.38. The van der Waals surface area contributed by atoms with E-state index < -0.39 is 22.8 Å². The molecule has 1 aliphatic rings. The van der Waals surface area contributed by atoms with Crippen LogP contribution in [0.3, 0.4) is 0 Å². The molecule has 1 aliphatic heterocycles. The van der Waals surface area contributed by atoms with Crippen molar-refractivity contribution in [3.8, 4) is 0 Å². The van der Waals surface area contributed by atoms with Crippen LogP contribution in [0.25, 0.3) is 0 Å². The van der Waals surface area contributed by atoms with Crippen molar-refractivity contribution in [2.24, 2.45) is 0 Å². The van der Waals surface area contributed by atoms with Crippen molar-refractivity contribution in [1.29, 1.82) is 0 Å². The van der Waals surface area contributed by atoms with Crippen LogP contribution in [0.15, 0.2) is 12.1 Å². The second-order valence-corrected chi connectivity index (χ2v) is 5.88. The summed E-state index contributed by atoms with van der Waals surface area (Å²) in [5, 5.41) is 2.84. The predicted molar refractivity (Wildman–Crippen MR) is 77.2 cm³/mol. The van der Waals surface area contributed by atoms with Crippen LogP contribution in [-0.2, 0) is 5.54 Å². The van der Waals surface area contributed by atoms with Crippen molar-refractivity contribution >= 4 is 22.9 Å². The van der Waals surface area contributed by atoms with Gasteiger partial charge in [-0.25, -0.2) is 13.2 Å². The fraction of sp³-hybridized carbons (Fsp3) is 0.500. The smallest absolute Gasteiger partial charge is 0.164 e. The number of nitrogens with one attached hydrogen (secondary N) is 1. The standard InChI is InChI=1S/C14H17F3N2S/c1-3-14(17)5-4-13(2,19-12(14)20)9-6-8(18)7-10(15)11(9)16/h6-7H,3-5,18H2,1-2H3,(H,19,20)/t13-,14-/m0/s1. The van der Waals surface area contributed by atoms with E-state index in [1.54, 1.807) is 13.8 Å². The lowest BCUT2D eigenvalue weighted by Gasteiger charge is -2.43. The van der Waals surface area contributed by atoms with E-state index in [4.69, 9.17) is 18.0 Å². The summed E-state index contributed by atoms with van der Waals surface area (Å²) in [5.41, 5.74) is 3.24. The second kappa shape index (κ2) is 4.91. The maximum atomic E-state index is 14.4. The number of alkyl halides is 1. The maximum absolute atomic E-state index is 14.4. The van der Waals surface area contributed by atoms with E-state index in [9.17, 15) is 13.2 Å². The van der Waals surface area contributed by atoms with Gasteiger partial charge in [-0.15, -0.1) is 0 Å². The van der Waals surface area contributed by atoms with E-state index in [1.807, 2.05) is 0 Å². The average molecular weight is 302 g/mol. The number of hydrogen-bond donors (Lipinski definition) is 2. The van der Waals surface area contributed by atoms with Gasteiger partial charge in [0.25, 0.3) is 0 Å². The summed E-state index contributed by atoms with van der Waals surface area (Å²) in [6.07, 6.45) is 0.724. The topological polar surface area (TPSA) is 38.0 Å². The summed E-state index contributed by atoms with van der Waals surface area (Å²) >= 11 is 5.06. The van der Waals surface area contributed by atoms with Crippen molar-refractivity contribution in [2.45, 2.75) is 44.3 Å². The van der Waals surface area contributed by atoms with Gasteiger partial charge < -0.3 is 11.1 Å². The molecular weight excluding hydrogens is 285 g/mol. The van der Waals surface area contributed by atoms with Gasteiger partial charge in [-0.05, 0) is 38.3 Å². The molecule has 2 rings (SSSR count). The van der Waals surface area contributed by atoms with Gasteiger partial charge in [-0.3, -0.25) is 0 Å². The largest absolute Gasteiger partial charge is 0.399 e. The van der Waals surface area contributed by atoms with Gasteiger partial charge in [0.2, 0.25) is 0 Å². The minimum Gasteiger partial charge on any atom is -0.399 e. The summed E-state index contributed by atoms with van der Waals surface area (Å²) < 4.78 is 41.9. The van der Waals surface area contributed by atoms with Gasteiger partial charge >= 0.3 is 0 Å². The SMILES string of the molecule is CC[C@]1(F)CC[C@@](C)(c2cc(N)cc(F)c2F)NC1=S. The molecule has 1 aromatic carbocycles. The Morgan fingerprint density at radius 1 is 1.35 bits per heavy atom. The van der Waals surface area contributed by atoms with Crippen LogP contribution in [0.5, 0.6) is 0 Å². The monoisotopic (exact) mass is 302 g/mol. The first-order chi connectivity index (χ1) is 9.22. The summed E-state index contributed by atoms with van der Waals surface area (Å²) in [6, 6.07) is 2.29. The Morgan fingerprint density at radius 3 is 2.55 bits per heavy atom. The quantitative estimate of drug-likeness (QED) is 0.647. The molecule has 0 aliphatic carbocycles. The first kappa shape index (κ1) is 15.1. The molecule has 1 saturated heterocycles. The Morgan fingerprint density at radius 2 is 2.00 bits per heavy atom. The molecule has 20 heavy (non-hydrogen) atoms. The molecule has 2 atom stereocenters. The highest BCUT2D eigenvalue weighted by molar-refractivity contribution is 7.80. The van der Waals surface area contributed by atoms with E-state index in [0.717, 1.165) is 6.07 Å². The molecule has 0 aromatic heterocycles.